The number of benzene rings is 1. The Labute approximate surface area is 134 Å². The number of carbonyl (C=O) groups is 1. The first-order chi connectivity index (χ1) is 10.6. The summed E-state index contributed by atoms with van der Waals surface area (Å²) in [6.07, 6.45) is 0. The zero-order chi connectivity index (χ0) is 16.1. The van der Waals surface area contributed by atoms with Crippen LogP contribution in [0, 0.1) is 0 Å². The first-order valence-electron chi connectivity index (χ1n) is 6.88. The van der Waals surface area contributed by atoms with E-state index >= 15 is 0 Å². The fourth-order valence-corrected chi connectivity index (χ4v) is 2.53. The van der Waals surface area contributed by atoms with Gasteiger partial charge >= 0.3 is 5.97 Å². The van der Waals surface area contributed by atoms with Gasteiger partial charge in [-0.15, -0.1) is 0 Å². The summed E-state index contributed by atoms with van der Waals surface area (Å²) in [5.74, 6) is 0.688. The molecule has 1 fully saturated rings. The van der Waals surface area contributed by atoms with Gasteiger partial charge < -0.3 is 23.8 Å². The molecule has 0 unspecified atom stereocenters. The molecule has 1 heterocycles. The predicted molar refractivity (Wildman–Crippen MR) is 84.9 cm³/mol. The molecule has 1 aromatic rings. The van der Waals surface area contributed by atoms with Crippen LogP contribution in [-0.2, 0) is 9.53 Å². The summed E-state index contributed by atoms with van der Waals surface area (Å²) in [6.45, 7) is 4.08. The van der Waals surface area contributed by atoms with E-state index in [1.165, 1.54) is 21.1 Å². The SMILES string of the molecule is COc1cc(C(=S)N2CCOCC2)cc(OC(C)=O)c1OC. The van der Waals surface area contributed by atoms with Crippen molar-refractivity contribution in [3.8, 4) is 17.2 Å². The number of thiocarbonyl (C=S) groups is 1. The van der Waals surface area contributed by atoms with Gasteiger partial charge in [0.1, 0.15) is 4.99 Å². The highest BCUT2D eigenvalue weighted by Crippen LogP contribution is 2.39. The molecular weight excluding hydrogens is 306 g/mol. The second-order valence-corrected chi connectivity index (χ2v) is 5.09. The Bertz CT molecular complexity index is 569. The third-order valence-corrected chi connectivity index (χ3v) is 3.74. The Morgan fingerprint density at radius 3 is 2.36 bits per heavy atom. The minimum absolute atomic E-state index is 0.292. The summed E-state index contributed by atoms with van der Waals surface area (Å²) in [5, 5.41) is 0. The number of esters is 1. The van der Waals surface area contributed by atoms with Crippen molar-refractivity contribution in [1.82, 2.24) is 4.90 Å². The molecule has 0 atom stereocenters. The fraction of sp³-hybridized carbons (Fsp3) is 0.467. The van der Waals surface area contributed by atoms with Gasteiger partial charge in [0.25, 0.3) is 0 Å². The molecule has 6 nitrogen and oxygen atoms in total. The Morgan fingerprint density at radius 1 is 1.18 bits per heavy atom. The van der Waals surface area contributed by atoms with E-state index in [0.29, 0.717) is 35.5 Å². The average molecular weight is 325 g/mol. The van der Waals surface area contributed by atoms with Crippen LogP contribution in [-0.4, -0.2) is 56.4 Å². The molecule has 0 radical (unpaired) electrons. The predicted octanol–water partition coefficient (Wildman–Crippen LogP) is 1.64. The van der Waals surface area contributed by atoms with Crippen LogP contribution in [0.5, 0.6) is 17.2 Å². The number of carbonyl (C=O) groups excluding carboxylic acids is 1. The van der Waals surface area contributed by atoms with E-state index in [4.69, 9.17) is 31.2 Å². The Balaban J connectivity index is 2.38. The van der Waals surface area contributed by atoms with Crippen LogP contribution >= 0.6 is 12.2 Å². The lowest BCUT2D eigenvalue weighted by atomic mass is 10.1. The molecule has 0 spiro atoms. The number of rotatable bonds is 4. The molecular formula is C15H19NO5S. The van der Waals surface area contributed by atoms with E-state index in [-0.39, 0.29) is 0 Å². The molecule has 1 aromatic carbocycles. The van der Waals surface area contributed by atoms with E-state index < -0.39 is 5.97 Å². The molecule has 0 aliphatic carbocycles. The Hall–Kier alpha value is -1.86. The van der Waals surface area contributed by atoms with E-state index in [0.717, 1.165) is 18.7 Å². The molecule has 0 bridgehead atoms. The summed E-state index contributed by atoms with van der Waals surface area (Å²) in [6, 6.07) is 3.48. The average Bonchev–Trinajstić information content (AvgIpc) is 2.53. The zero-order valence-electron chi connectivity index (χ0n) is 12.9. The van der Waals surface area contributed by atoms with Gasteiger partial charge in [-0.1, -0.05) is 12.2 Å². The van der Waals surface area contributed by atoms with Crippen LogP contribution in [0.4, 0.5) is 0 Å². The molecule has 0 N–H and O–H groups in total. The number of morpholine rings is 1. The summed E-state index contributed by atoms with van der Waals surface area (Å²) >= 11 is 5.53. The lowest BCUT2D eigenvalue weighted by Gasteiger charge is -2.29. The normalized spacial score (nSPS) is 14.4. The third kappa shape index (κ3) is 3.66. The lowest BCUT2D eigenvalue weighted by Crippen LogP contribution is -2.40. The molecule has 2 rings (SSSR count). The summed E-state index contributed by atoms with van der Waals surface area (Å²) in [4.78, 5) is 14.0. The lowest BCUT2D eigenvalue weighted by molar-refractivity contribution is -0.132. The van der Waals surface area contributed by atoms with Gasteiger partial charge in [-0.25, -0.2) is 0 Å². The third-order valence-electron chi connectivity index (χ3n) is 3.24. The van der Waals surface area contributed by atoms with Gasteiger partial charge in [0.2, 0.25) is 5.75 Å². The van der Waals surface area contributed by atoms with Gasteiger partial charge in [0, 0.05) is 25.6 Å². The molecule has 1 saturated heterocycles. The van der Waals surface area contributed by atoms with E-state index in [1.54, 1.807) is 12.1 Å². The van der Waals surface area contributed by atoms with Crippen LogP contribution in [0.15, 0.2) is 12.1 Å². The minimum Gasteiger partial charge on any atom is -0.493 e. The topological polar surface area (TPSA) is 57.2 Å². The minimum atomic E-state index is -0.435. The van der Waals surface area contributed by atoms with Crippen LogP contribution in [0.25, 0.3) is 0 Å². The molecule has 0 amide bonds. The molecule has 7 heteroatoms. The molecule has 22 heavy (non-hydrogen) atoms. The first kappa shape index (κ1) is 16.5. The quantitative estimate of drug-likeness (QED) is 0.474. The van der Waals surface area contributed by atoms with Crippen molar-refractivity contribution in [3.05, 3.63) is 17.7 Å². The molecule has 1 aliphatic heterocycles. The van der Waals surface area contributed by atoms with Gasteiger partial charge in [-0.2, -0.15) is 0 Å². The van der Waals surface area contributed by atoms with Crippen molar-refractivity contribution in [2.24, 2.45) is 0 Å². The highest BCUT2D eigenvalue weighted by Gasteiger charge is 2.21. The van der Waals surface area contributed by atoms with Crippen LogP contribution in [0.1, 0.15) is 12.5 Å². The number of ether oxygens (including phenoxy) is 4. The van der Waals surface area contributed by atoms with Gasteiger partial charge in [-0.3, -0.25) is 4.79 Å². The van der Waals surface area contributed by atoms with Gasteiger partial charge in [0.15, 0.2) is 11.5 Å². The maximum Gasteiger partial charge on any atom is 0.308 e. The monoisotopic (exact) mass is 325 g/mol. The summed E-state index contributed by atoms with van der Waals surface area (Å²) in [5.41, 5.74) is 0.741. The number of hydrogen-bond acceptors (Lipinski definition) is 6. The van der Waals surface area contributed by atoms with Crippen LogP contribution in [0.2, 0.25) is 0 Å². The maximum absolute atomic E-state index is 11.3. The van der Waals surface area contributed by atoms with Crippen molar-refractivity contribution in [1.29, 1.82) is 0 Å². The molecule has 0 aromatic heterocycles. The smallest absolute Gasteiger partial charge is 0.308 e. The standard InChI is InChI=1S/C15H19NO5S/c1-10(17)21-13-9-11(8-12(18-2)14(13)19-3)15(22)16-4-6-20-7-5-16/h8-9H,4-7H2,1-3H3. The van der Waals surface area contributed by atoms with Crippen molar-refractivity contribution >= 4 is 23.2 Å². The fourth-order valence-electron chi connectivity index (χ4n) is 2.23. The first-order valence-corrected chi connectivity index (χ1v) is 7.29. The van der Waals surface area contributed by atoms with E-state index in [2.05, 4.69) is 4.90 Å². The zero-order valence-corrected chi connectivity index (χ0v) is 13.7. The Morgan fingerprint density at radius 2 is 1.82 bits per heavy atom. The summed E-state index contributed by atoms with van der Waals surface area (Å²) in [7, 11) is 3.02. The number of methoxy groups -OCH3 is 2. The van der Waals surface area contributed by atoms with Gasteiger partial charge in [0.05, 0.1) is 27.4 Å². The largest absolute Gasteiger partial charge is 0.493 e. The second kappa shape index (κ2) is 7.42. The van der Waals surface area contributed by atoms with Crippen LogP contribution < -0.4 is 14.2 Å². The van der Waals surface area contributed by atoms with Crippen LogP contribution in [0.3, 0.4) is 0 Å². The molecule has 0 saturated carbocycles. The second-order valence-electron chi connectivity index (χ2n) is 4.71. The van der Waals surface area contributed by atoms with Crippen molar-refractivity contribution in [2.75, 3.05) is 40.5 Å². The van der Waals surface area contributed by atoms with Crippen molar-refractivity contribution in [2.45, 2.75) is 6.92 Å². The highest BCUT2D eigenvalue weighted by molar-refractivity contribution is 7.80. The summed E-state index contributed by atoms with van der Waals surface area (Å²) < 4.78 is 21.1. The molecule has 120 valence electrons. The molecule has 1 aliphatic rings. The van der Waals surface area contributed by atoms with E-state index in [9.17, 15) is 4.79 Å². The number of nitrogens with zero attached hydrogens (tertiary/aromatic N) is 1. The van der Waals surface area contributed by atoms with Crippen molar-refractivity contribution in [3.63, 3.8) is 0 Å². The highest BCUT2D eigenvalue weighted by atomic mass is 32.1. The van der Waals surface area contributed by atoms with E-state index in [1.807, 2.05) is 0 Å². The Kier molecular flexibility index (Phi) is 5.57. The van der Waals surface area contributed by atoms with Crippen molar-refractivity contribution < 1.29 is 23.7 Å². The van der Waals surface area contributed by atoms with Gasteiger partial charge in [-0.05, 0) is 12.1 Å². The maximum atomic E-state index is 11.3. The number of hydrogen-bond donors (Lipinski definition) is 0.